The van der Waals surface area contributed by atoms with Crippen molar-refractivity contribution in [2.45, 2.75) is 118 Å². The number of carbonyl (C=O) groups excluding carboxylic acids is 8. The molecule has 0 aliphatic heterocycles. The average molecular weight is 2150 g/mol. The van der Waals surface area contributed by atoms with Gasteiger partial charge in [0.25, 0.3) is 40.5 Å². The molecule has 144 heavy (non-hydrogen) atoms. The first-order valence-corrected chi connectivity index (χ1v) is 53.4. The van der Waals surface area contributed by atoms with Gasteiger partial charge in [-0.15, -0.1) is 0 Å². The largest absolute Gasteiger partial charge is 0.370 e. The van der Waals surface area contributed by atoms with Gasteiger partial charge in [-0.1, -0.05) is 36.4 Å². The highest BCUT2D eigenvalue weighted by Gasteiger charge is 2.34. The van der Waals surface area contributed by atoms with E-state index in [9.17, 15) is 124 Å². The molecule has 10 rings (SSSR count). The van der Waals surface area contributed by atoms with E-state index in [1.165, 1.54) is 76.2 Å². The van der Waals surface area contributed by atoms with Crippen LogP contribution in [0.5, 0.6) is 0 Å². The van der Waals surface area contributed by atoms with Crippen LogP contribution in [0.15, 0.2) is 185 Å². The van der Waals surface area contributed by atoms with E-state index < -0.39 is 340 Å². The summed E-state index contributed by atoms with van der Waals surface area (Å²) in [5, 5.41) is 22.2. The first-order chi connectivity index (χ1) is 67.0. The molecule has 0 fully saturated rings. The Morgan fingerprint density at radius 2 is 0.417 bits per heavy atom. The number of nitrogens with two attached hydrogens (primary N) is 8. The fraction of sp³-hybridized carbons (Fsp3) is 0.244. The van der Waals surface area contributed by atoms with E-state index in [0.29, 0.717) is 34.4 Å². The van der Waals surface area contributed by atoms with Crippen LogP contribution in [0.3, 0.4) is 0 Å². The summed E-state index contributed by atoms with van der Waals surface area (Å²) in [7, 11) is -40.3. The van der Waals surface area contributed by atoms with Crippen molar-refractivity contribution in [1.29, 1.82) is 0 Å². The van der Waals surface area contributed by atoms with E-state index in [0.717, 1.165) is 102 Å². The van der Waals surface area contributed by atoms with Crippen molar-refractivity contribution in [1.82, 2.24) is 47.1 Å². The monoisotopic (exact) mass is 2150 g/mol. The maximum Gasteiger partial charge on any atom is 0.296 e. The molecule has 0 aliphatic rings. The van der Waals surface area contributed by atoms with Gasteiger partial charge in [-0.05, 0) is 159 Å². The topological polar surface area (TPSA) is 885 Å². The van der Waals surface area contributed by atoms with E-state index in [4.69, 9.17) is 45.9 Å². The molecule has 8 amide bonds. The number of primary amides is 8. The molecule has 0 saturated carbocycles. The Morgan fingerprint density at radius 1 is 0.236 bits per heavy atom. The first-order valence-electron chi connectivity index (χ1n) is 41.9. The summed E-state index contributed by atoms with van der Waals surface area (Å²) in [6, 6.07) is 25.9. The predicted octanol–water partition coefficient (Wildman–Crippen LogP) is 2.86. The third-order valence-electron chi connectivity index (χ3n) is 20.9. The number of nitrogens with one attached hydrogen (secondary N) is 8. The summed E-state index contributed by atoms with van der Waals surface area (Å²) in [6.45, 7) is 2.35. The Morgan fingerprint density at radius 3 is 0.611 bits per heavy atom. The van der Waals surface area contributed by atoms with Crippen LogP contribution in [-0.4, -0.2) is 232 Å². The van der Waals surface area contributed by atoms with E-state index in [2.05, 4.69) is 72.4 Å². The van der Waals surface area contributed by atoms with Crippen molar-refractivity contribution >= 4 is 220 Å². The number of amides is 8. The minimum absolute atomic E-state index is 0.0192. The molecular weight excluding hydrogens is 2050 g/mol. The smallest absolute Gasteiger partial charge is 0.296 e. The summed E-state index contributed by atoms with van der Waals surface area (Å²) in [5.41, 5.74) is 40.1. The molecule has 10 aromatic rings. The molecule has 0 aliphatic carbocycles. The molecule has 0 saturated heterocycles. The quantitative estimate of drug-likeness (QED) is 0.0244. The van der Waals surface area contributed by atoms with E-state index in [1.54, 1.807) is 0 Å². The van der Waals surface area contributed by atoms with Gasteiger partial charge < -0.3 is 88.4 Å². The van der Waals surface area contributed by atoms with Crippen LogP contribution in [0.25, 0.3) is 11.1 Å². The van der Waals surface area contributed by atoms with Gasteiger partial charge in [-0.2, -0.15) is 80.8 Å². The number of benzene rings is 8. The molecule has 28 N–H and O–H groups in total. The summed E-state index contributed by atoms with van der Waals surface area (Å²) in [5.74, 6) is -9.81. The lowest BCUT2D eigenvalue weighted by molar-refractivity contribution is -0.119. The Balaban J connectivity index is 0.985. The highest BCUT2D eigenvalue weighted by atomic mass is 32.2. The number of nitrogens with zero attached hydrogens (tertiary/aromatic N) is 10. The number of carbonyl (C=O) groups is 8. The number of rotatable bonds is 53. The van der Waals surface area contributed by atoms with Crippen LogP contribution in [0.1, 0.15) is 73.6 Å². The molecule has 0 spiro atoms. The van der Waals surface area contributed by atoms with Gasteiger partial charge >= 0.3 is 0 Å². The lowest BCUT2D eigenvalue weighted by Crippen LogP contribution is -2.36. The first kappa shape index (κ1) is 111. The maximum absolute atomic E-state index is 14.2. The number of hydrogen-bond donors (Lipinski definition) is 20. The number of sulfonamides is 4. The molecule has 2 aromatic heterocycles. The zero-order valence-corrected chi connectivity index (χ0v) is 82.6. The Hall–Kier alpha value is -14.8. The molecule has 0 unspecified atom stereocenters. The second kappa shape index (κ2) is 45.6. The molecule has 62 heteroatoms. The number of aromatic nitrogens is 6. The third kappa shape index (κ3) is 29.7. The predicted molar refractivity (Wildman–Crippen MR) is 520 cm³/mol. The summed E-state index contributed by atoms with van der Waals surface area (Å²) in [6.07, 6.45) is -3.72. The SMILES string of the molecule is Cc1ccc(S(=O)(=O)N(CCC(N)=O)CCC(N)=O)cc1Nc1nc(Nc2ccc(Nc3ccc(-c4ccc(Nc5ccc(Nc6nc(Nc7cc(S(=O)(=O)N(CCC(N)=O)CCC(N)=O)ccc7C)nc(Nc7cc(S(=O)(=O)N(CCC(N)=O)CCC(N)=O)ccc7C)n6)cc5S(=O)(=O)O)cc4S(=O)(=O)O)c(S(=O)(=O)O)c3)c(S(=O)(=O)O)c2)nc(Nc2cc(S(=O)(=O)N(CCC(N)=O)CCC(N)=O)ccc2C)n1. The Kier molecular flexibility index (Phi) is 35.2. The van der Waals surface area contributed by atoms with E-state index in [-0.39, 0.29) is 34.1 Å². The summed E-state index contributed by atoms with van der Waals surface area (Å²) >= 11 is 0. The van der Waals surface area contributed by atoms with Crippen molar-refractivity contribution in [2.75, 3.05) is 94.9 Å². The zero-order valence-electron chi connectivity index (χ0n) is 76.1. The highest BCUT2D eigenvalue weighted by molar-refractivity contribution is 7.90. The highest BCUT2D eigenvalue weighted by Crippen LogP contribution is 2.41. The van der Waals surface area contributed by atoms with Gasteiger partial charge in [-0.3, -0.25) is 56.6 Å². The Bertz CT molecular complexity index is 6970. The number of aryl methyl sites for hydroxylation is 4. The fourth-order valence-corrected chi connectivity index (χ4v) is 22.2. The normalized spacial score (nSPS) is 12.2. The molecule has 0 radical (unpaired) electrons. The molecule has 54 nitrogen and oxygen atoms in total. The van der Waals surface area contributed by atoms with Gasteiger partial charge in [0.05, 0.1) is 31.0 Å². The van der Waals surface area contributed by atoms with Crippen molar-refractivity contribution in [3.63, 3.8) is 0 Å². The summed E-state index contributed by atoms with van der Waals surface area (Å²) in [4.78, 5) is 115. The minimum Gasteiger partial charge on any atom is -0.370 e. The maximum atomic E-state index is 14.2. The van der Waals surface area contributed by atoms with E-state index in [1.807, 2.05) is 0 Å². The molecule has 0 bridgehead atoms. The van der Waals surface area contributed by atoms with Crippen LogP contribution in [0, 0.1) is 27.7 Å². The second-order valence-corrected chi connectivity index (χ2v) is 44.9. The molecule has 2 heterocycles. The van der Waals surface area contributed by atoms with Crippen LogP contribution in [-0.2, 0) is 119 Å². The third-order valence-corrected chi connectivity index (χ3v) is 32.1. The number of hydrogen-bond acceptors (Lipinski definition) is 38. The van der Waals surface area contributed by atoms with Crippen molar-refractivity contribution in [3.8, 4) is 11.1 Å². The van der Waals surface area contributed by atoms with Gasteiger partial charge in [0, 0.05) is 160 Å². The Labute approximate surface area is 823 Å². The summed E-state index contributed by atoms with van der Waals surface area (Å²) < 4.78 is 269. The zero-order chi connectivity index (χ0) is 106. The standard InChI is InChI=1S/C82H96N26O28S8/c1-45-5-13-53(137(117,118)105(29-21-69(83)109)30-22-70(84)110)41-61(45)95-79-99-77(100-80(103-79)96-62-42-54(14-6-46(62)2)138(119,120)106(31-23-71(85)111)32-24-72(86)112)93-51-11-19-59(67(39-51)143(131,132)133)91-49-9-17-57(65(37-49)141(125,126)127)58-18-10-50(38-66(58)142(128,129)130)92-60-20-12-52(40-68(60)144(134,135)136)94-78-101-81(97-63-43-55(15-7-47(63)3)139(121,122)107(33-25-73(87)113)34-26-74(88)114)104-82(102-78)98-64-44-56(16-8-48(64)4)140(123,124)108(35-27-75(89)115)36-28-76(90)116/h5-20,37-44,91-92H,21-36H2,1-4H3,(H2,83,109)(H2,84,110)(H2,85,111)(H2,86,112)(H2,87,113)(H2,88,114)(H2,89,115)(H2,90,116)(H,125,126,127)(H,128,129,130)(H,131,132,133)(H,134,135,136)(H3,93,95,96,99,100,103)(H3,94,97,98,101,102,104). The van der Waals surface area contributed by atoms with Crippen molar-refractivity contribution in [2.24, 2.45) is 45.9 Å². The van der Waals surface area contributed by atoms with Crippen molar-refractivity contribution < 1.29 is 124 Å². The second-order valence-electron chi connectivity index (χ2n) is 31.6. The molecular formula is C82H96N26O28S8. The van der Waals surface area contributed by atoms with Gasteiger partial charge in [0.15, 0.2) is 0 Å². The van der Waals surface area contributed by atoms with Crippen LogP contribution >= 0.6 is 0 Å². The fourth-order valence-electron chi connectivity index (χ4n) is 13.5. The van der Waals surface area contributed by atoms with Crippen LogP contribution in [0.4, 0.5) is 92.6 Å². The van der Waals surface area contributed by atoms with Gasteiger partial charge in [0.1, 0.15) is 19.6 Å². The molecule has 8 aromatic carbocycles. The van der Waals surface area contributed by atoms with Crippen LogP contribution in [0.2, 0.25) is 0 Å². The van der Waals surface area contributed by atoms with Gasteiger partial charge in [0.2, 0.25) is 123 Å². The number of anilines is 16. The van der Waals surface area contributed by atoms with Crippen molar-refractivity contribution in [3.05, 3.63) is 168 Å². The lowest BCUT2D eigenvalue weighted by atomic mass is 10.0. The van der Waals surface area contributed by atoms with Gasteiger partial charge in [-0.25, -0.2) is 33.7 Å². The van der Waals surface area contributed by atoms with Crippen LogP contribution < -0.4 is 88.4 Å². The lowest BCUT2D eigenvalue weighted by Gasteiger charge is -2.22. The van der Waals surface area contributed by atoms with E-state index >= 15 is 0 Å². The average Bonchev–Trinajstić information content (AvgIpc) is 0.757. The minimum atomic E-state index is -5.57. The molecule has 0 atom stereocenters. The molecule has 770 valence electrons.